The summed E-state index contributed by atoms with van der Waals surface area (Å²) in [7, 11) is 1.37. The molecule has 2 aromatic carbocycles. The number of imidazole rings is 1. The van der Waals surface area contributed by atoms with Gasteiger partial charge in [-0.2, -0.15) is 0 Å². The Morgan fingerprint density at radius 2 is 1.80 bits per heavy atom. The van der Waals surface area contributed by atoms with Crippen LogP contribution < -0.4 is 0 Å². The van der Waals surface area contributed by atoms with E-state index in [0.717, 1.165) is 16.6 Å². The lowest BCUT2D eigenvalue weighted by molar-refractivity contribution is 0.0582. The molecule has 0 N–H and O–H groups in total. The third-order valence-corrected chi connectivity index (χ3v) is 3.21. The third-order valence-electron chi connectivity index (χ3n) is 3.21. The molecule has 0 unspecified atom stereocenters. The molecule has 1 aromatic heterocycles. The lowest BCUT2D eigenvalue weighted by Crippen LogP contribution is -2.12. The maximum absolute atomic E-state index is 11.9. The number of carbonyl (C=O) groups excluding carboxylic acids is 1. The molecule has 3 aromatic rings. The van der Waals surface area contributed by atoms with E-state index in [0.29, 0.717) is 12.4 Å². The smallest absolute Gasteiger partial charge is 0.374 e. The highest BCUT2D eigenvalue weighted by Crippen LogP contribution is 2.18. The van der Waals surface area contributed by atoms with Crippen molar-refractivity contribution in [3.8, 4) is 0 Å². The van der Waals surface area contributed by atoms with Crippen LogP contribution in [0, 0.1) is 0 Å². The Morgan fingerprint density at radius 1 is 1.10 bits per heavy atom. The number of aromatic nitrogens is 2. The SMILES string of the molecule is COC(=O)c1nc2ccccc2n1Cc1ccccc1. The molecule has 1 heterocycles. The molecular formula is C16H14N2O2. The third kappa shape index (κ3) is 2.16. The zero-order valence-electron chi connectivity index (χ0n) is 11.1. The van der Waals surface area contributed by atoms with E-state index in [1.165, 1.54) is 7.11 Å². The number of hydrogen-bond donors (Lipinski definition) is 0. The van der Waals surface area contributed by atoms with Crippen molar-refractivity contribution < 1.29 is 9.53 Å². The predicted octanol–water partition coefficient (Wildman–Crippen LogP) is 2.87. The first-order valence-corrected chi connectivity index (χ1v) is 6.37. The van der Waals surface area contributed by atoms with Crippen molar-refractivity contribution >= 4 is 17.0 Å². The van der Waals surface area contributed by atoms with Gasteiger partial charge in [-0.1, -0.05) is 42.5 Å². The molecule has 0 aliphatic carbocycles. The molecule has 0 radical (unpaired) electrons. The Kier molecular flexibility index (Phi) is 3.21. The van der Waals surface area contributed by atoms with Gasteiger partial charge in [-0.3, -0.25) is 0 Å². The van der Waals surface area contributed by atoms with Crippen LogP contribution in [0.1, 0.15) is 16.2 Å². The topological polar surface area (TPSA) is 44.1 Å². The molecule has 0 aliphatic rings. The van der Waals surface area contributed by atoms with Gasteiger partial charge in [0.15, 0.2) is 0 Å². The van der Waals surface area contributed by atoms with Gasteiger partial charge >= 0.3 is 5.97 Å². The maximum atomic E-state index is 11.9. The Hall–Kier alpha value is -2.62. The summed E-state index contributed by atoms with van der Waals surface area (Å²) >= 11 is 0. The monoisotopic (exact) mass is 266 g/mol. The second-order valence-corrected chi connectivity index (χ2v) is 4.49. The first-order valence-electron chi connectivity index (χ1n) is 6.37. The van der Waals surface area contributed by atoms with Crippen molar-refractivity contribution in [3.05, 3.63) is 66.0 Å². The van der Waals surface area contributed by atoms with Gasteiger partial charge in [0.05, 0.1) is 18.1 Å². The number of rotatable bonds is 3. The lowest BCUT2D eigenvalue weighted by atomic mass is 10.2. The van der Waals surface area contributed by atoms with Gasteiger partial charge in [0, 0.05) is 6.54 Å². The van der Waals surface area contributed by atoms with E-state index in [-0.39, 0.29) is 0 Å². The van der Waals surface area contributed by atoms with Crippen LogP contribution in [0.3, 0.4) is 0 Å². The number of para-hydroxylation sites is 2. The minimum Gasteiger partial charge on any atom is -0.463 e. The first kappa shape index (κ1) is 12.4. The van der Waals surface area contributed by atoms with Crippen molar-refractivity contribution in [2.75, 3.05) is 7.11 Å². The van der Waals surface area contributed by atoms with E-state index in [9.17, 15) is 4.79 Å². The average molecular weight is 266 g/mol. The number of hydrogen-bond acceptors (Lipinski definition) is 3. The molecule has 3 rings (SSSR count). The molecule has 0 atom stereocenters. The lowest BCUT2D eigenvalue weighted by Gasteiger charge is -2.08. The molecule has 100 valence electrons. The summed E-state index contributed by atoms with van der Waals surface area (Å²) in [5, 5.41) is 0. The Morgan fingerprint density at radius 3 is 2.55 bits per heavy atom. The highest BCUT2D eigenvalue weighted by molar-refractivity contribution is 5.91. The number of carbonyl (C=O) groups is 1. The van der Waals surface area contributed by atoms with Crippen molar-refractivity contribution in [2.24, 2.45) is 0 Å². The average Bonchev–Trinajstić information content (AvgIpc) is 2.86. The van der Waals surface area contributed by atoms with Gasteiger partial charge in [-0.25, -0.2) is 9.78 Å². The summed E-state index contributed by atoms with van der Waals surface area (Å²) in [6, 6.07) is 17.7. The largest absolute Gasteiger partial charge is 0.463 e. The molecule has 0 bridgehead atoms. The minimum absolute atomic E-state index is 0.331. The molecule has 4 heteroatoms. The molecule has 0 spiro atoms. The number of esters is 1. The quantitative estimate of drug-likeness (QED) is 0.685. The van der Waals surface area contributed by atoms with Crippen LogP contribution in [0.15, 0.2) is 54.6 Å². The van der Waals surface area contributed by atoms with Gasteiger partial charge in [0.1, 0.15) is 0 Å². The Labute approximate surface area is 116 Å². The van der Waals surface area contributed by atoms with E-state index in [1.54, 1.807) is 0 Å². The molecule has 0 saturated carbocycles. The Balaban J connectivity index is 2.13. The van der Waals surface area contributed by atoms with Gasteiger partial charge < -0.3 is 9.30 Å². The van der Waals surface area contributed by atoms with Crippen LogP contribution in [0.5, 0.6) is 0 Å². The number of benzene rings is 2. The summed E-state index contributed by atoms with van der Waals surface area (Å²) in [4.78, 5) is 16.3. The molecule has 0 aliphatic heterocycles. The number of ether oxygens (including phenoxy) is 1. The van der Waals surface area contributed by atoms with E-state index in [2.05, 4.69) is 4.98 Å². The summed E-state index contributed by atoms with van der Waals surface area (Å²) in [5.41, 5.74) is 2.83. The van der Waals surface area contributed by atoms with E-state index >= 15 is 0 Å². The molecular weight excluding hydrogens is 252 g/mol. The summed E-state index contributed by atoms with van der Waals surface area (Å²) < 4.78 is 6.71. The highest BCUT2D eigenvalue weighted by Gasteiger charge is 2.17. The molecule has 0 saturated heterocycles. The fourth-order valence-electron chi connectivity index (χ4n) is 2.25. The van der Waals surface area contributed by atoms with Crippen LogP contribution in [0.4, 0.5) is 0 Å². The summed E-state index contributed by atoms with van der Waals surface area (Å²) in [5.74, 6) is -0.0883. The predicted molar refractivity (Wildman–Crippen MR) is 76.6 cm³/mol. The molecule has 4 nitrogen and oxygen atoms in total. The summed E-state index contributed by atoms with van der Waals surface area (Å²) in [6.45, 7) is 0.589. The van der Waals surface area contributed by atoms with Crippen LogP contribution >= 0.6 is 0 Å². The summed E-state index contributed by atoms with van der Waals surface area (Å²) in [6.07, 6.45) is 0. The van der Waals surface area contributed by atoms with Crippen LogP contribution in [-0.2, 0) is 11.3 Å². The van der Waals surface area contributed by atoms with Crippen molar-refractivity contribution in [1.82, 2.24) is 9.55 Å². The Bertz CT molecular complexity index is 748. The van der Waals surface area contributed by atoms with Crippen LogP contribution in [0.2, 0.25) is 0 Å². The van der Waals surface area contributed by atoms with E-state index in [1.807, 2.05) is 59.2 Å². The molecule has 0 fully saturated rings. The standard InChI is InChI=1S/C16H14N2O2/c1-20-16(19)15-17-13-9-5-6-10-14(13)18(15)11-12-7-3-2-4-8-12/h2-10H,11H2,1H3. The second kappa shape index (κ2) is 5.17. The zero-order chi connectivity index (χ0) is 13.9. The number of methoxy groups -OCH3 is 1. The zero-order valence-corrected chi connectivity index (χ0v) is 11.1. The normalized spacial score (nSPS) is 10.7. The maximum Gasteiger partial charge on any atom is 0.374 e. The number of nitrogens with zero attached hydrogens (tertiary/aromatic N) is 2. The van der Waals surface area contributed by atoms with Crippen LogP contribution in [-0.4, -0.2) is 22.6 Å². The molecule has 20 heavy (non-hydrogen) atoms. The van der Waals surface area contributed by atoms with Gasteiger partial charge in [-0.15, -0.1) is 0 Å². The van der Waals surface area contributed by atoms with Crippen molar-refractivity contribution in [1.29, 1.82) is 0 Å². The van der Waals surface area contributed by atoms with Gasteiger partial charge in [0.2, 0.25) is 5.82 Å². The van der Waals surface area contributed by atoms with Gasteiger partial charge in [-0.05, 0) is 17.7 Å². The van der Waals surface area contributed by atoms with E-state index in [4.69, 9.17) is 4.74 Å². The fraction of sp³-hybridized carbons (Fsp3) is 0.125. The van der Waals surface area contributed by atoms with E-state index < -0.39 is 5.97 Å². The number of fused-ring (bicyclic) bond motifs is 1. The van der Waals surface area contributed by atoms with Crippen molar-refractivity contribution in [3.63, 3.8) is 0 Å². The van der Waals surface area contributed by atoms with Crippen LogP contribution in [0.25, 0.3) is 11.0 Å². The fourth-order valence-corrected chi connectivity index (χ4v) is 2.25. The first-order chi connectivity index (χ1) is 9.79. The van der Waals surface area contributed by atoms with Crippen molar-refractivity contribution in [2.45, 2.75) is 6.54 Å². The molecule has 0 amide bonds. The second-order valence-electron chi connectivity index (χ2n) is 4.49. The van der Waals surface area contributed by atoms with Gasteiger partial charge in [0.25, 0.3) is 0 Å². The minimum atomic E-state index is -0.419. The highest BCUT2D eigenvalue weighted by atomic mass is 16.5.